The highest BCUT2D eigenvalue weighted by Gasteiger charge is 2.33. The summed E-state index contributed by atoms with van der Waals surface area (Å²) in [5.41, 5.74) is 6.95. The molecular formula is C22H23N3O. The summed E-state index contributed by atoms with van der Waals surface area (Å²) in [4.78, 5) is 13.0. The number of hydrogen-bond donors (Lipinski definition) is 1. The first kappa shape index (κ1) is 16.6. The Morgan fingerprint density at radius 2 is 1.85 bits per heavy atom. The summed E-state index contributed by atoms with van der Waals surface area (Å²) in [6, 6.07) is 14.3. The minimum Gasteiger partial charge on any atom is -0.322 e. The van der Waals surface area contributed by atoms with Crippen LogP contribution in [0.3, 0.4) is 0 Å². The van der Waals surface area contributed by atoms with Gasteiger partial charge in [-0.15, -0.1) is 0 Å². The number of nitrogens with one attached hydrogen (secondary N) is 1. The van der Waals surface area contributed by atoms with Crippen LogP contribution in [-0.2, 0) is 0 Å². The van der Waals surface area contributed by atoms with Crippen LogP contribution in [0.15, 0.2) is 48.7 Å². The predicted molar refractivity (Wildman–Crippen MR) is 104 cm³/mol. The first-order chi connectivity index (χ1) is 12.5. The Morgan fingerprint density at radius 1 is 1.08 bits per heavy atom. The van der Waals surface area contributed by atoms with E-state index in [4.69, 9.17) is 0 Å². The summed E-state index contributed by atoms with van der Waals surface area (Å²) in [6.45, 7) is 6.11. The fourth-order valence-electron chi connectivity index (χ4n) is 3.34. The number of aryl methyl sites for hydroxylation is 3. The van der Waals surface area contributed by atoms with Crippen molar-refractivity contribution in [2.75, 3.05) is 5.32 Å². The Labute approximate surface area is 153 Å². The zero-order valence-corrected chi connectivity index (χ0v) is 15.4. The lowest BCUT2D eigenvalue weighted by Gasteiger charge is -2.12. The molecule has 2 aromatic carbocycles. The molecule has 1 aromatic heterocycles. The third kappa shape index (κ3) is 3.03. The van der Waals surface area contributed by atoms with Gasteiger partial charge in [-0.3, -0.25) is 4.79 Å². The van der Waals surface area contributed by atoms with Crippen molar-refractivity contribution in [2.24, 2.45) is 0 Å². The van der Waals surface area contributed by atoms with Gasteiger partial charge in [0.2, 0.25) is 0 Å². The Hall–Kier alpha value is -2.88. The minimum atomic E-state index is -0.0829. The third-order valence-corrected chi connectivity index (χ3v) is 5.00. The van der Waals surface area contributed by atoms with Crippen molar-refractivity contribution in [3.05, 3.63) is 76.6 Å². The van der Waals surface area contributed by atoms with Crippen molar-refractivity contribution in [3.8, 4) is 5.69 Å². The number of rotatable bonds is 4. The van der Waals surface area contributed by atoms with Gasteiger partial charge in [0.1, 0.15) is 0 Å². The van der Waals surface area contributed by atoms with Crippen LogP contribution in [0, 0.1) is 20.8 Å². The van der Waals surface area contributed by atoms with E-state index in [9.17, 15) is 4.79 Å². The lowest BCUT2D eigenvalue weighted by Crippen LogP contribution is -2.15. The van der Waals surface area contributed by atoms with Gasteiger partial charge in [-0.2, -0.15) is 5.10 Å². The van der Waals surface area contributed by atoms with E-state index in [-0.39, 0.29) is 5.91 Å². The molecule has 1 fully saturated rings. The van der Waals surface area contributed by atoms with Crippen molar-refractivity contribution in [1.82, 2.24) is 9.78 Å². The highest BCUT2D eigenvalue weighted by Crippen LogP contribution is 2.42. The standard InChI is InChI=1S/C22H23N3O/c1-14-8-9-15(2)19(12-14)24-22(26)18-13-23-25(21(18)17-10-11-17)20-7-5-4-6-16(20)3/h4-9,12-13,17H,10-11H2,1-3H3,(H,24,26). The average Bonchev–Trinajstić information content (AvgIpc) is 3.37. The molecule has 1 heterocycles. The first-order valence-corrected chi connectivity index (χ1v) is 9.07. The highest BCUT2D eigenvalue weighted by atomic mass is 16.1. The number of aromatic nitrogens is 2. The molecule has 0 aliphatic heterocycles. The van der Waals surface area contributed by atoms with Crippen LogP contribution in [0.25, 0.3) is 5.69 Å². The van der Waals surface area contributed by atoms with Crippen LogP contribution in [-0.4, -0.2) is 15.7 Å². The van der Waals surface area contributed by atoms with E-state index in [0.717, 1.165) is 46.6 Å². The van der Waals surface area contributed by atoms with E-state index >= 15 is 0 Å². The number of nitrogens with zero attached hydrogens (tertiary/aromatic N) is 2. The lowest BCUT2D eigenvalue weighted by atomic mass is 10.1. The van der Waals surface area contributed by atoms with Gasteiger partial charge in [-0.05, 0) is 62.4 Å². The molecule has 1 N–H and O–H groups in total. The van der Waals surface area contributed by atoms with E-state index in [0.29, 0.717) is 11.5 Å². The Kier molecular flexibility index (Phi) is 4.11. The van der Waals surface area contributed by atoms with Crippen molar-refractivity contribution in [1.29, 1.82) is 0 Å². The largest absolute Gasteiger partial charge is 0.322 e. The van der Waals surface area contributed by atoms with Gasteiger partial charge in [0.05, 0.1) is 23.1 Å². The van der Waals surface area contributed by atoms with Gasteiger partial charge in [0.25, 0.3) is 5.91 Å². The maximum absolute atomic E-state index is 13.0. The molecule has 4 rings (SSSR count). The fourth-order valence-corrected chi connectivity index (χ4v) is 3.34. The molecule has 4 heteroatoms. The van der Waals surface area contributed by atoms with E-state index < -0.39 is 0 Å². The fraction of sp³-hybridized carbons (Fsp3) is 0.273. The molecule has 0 saturated heterocycles. The number of benzene rings is 2. The molecule has 1 aliphatic carbocycles. The first-order valence-electron chi connectivity index (χ1n) is 9.07. The quantitative estimate of drug-likeness (QED) is 0.729. The molecule has 0 unspecified atom stereocenters. The second kappa shape index (κ2) is 6.45. The summed E-state index contributed by atoms with van der Waals surface area (Å²) in [5.74, 6) is 0.330. The van der Waals surface area contributed by atoms with E-state index in [2.05, 4.69) is 35.5 Å². The second-order valence-electron chi connectivity index (χ2n) is 7.19. The smallest absolute Gasteiger partial charge is 0.259 e. The maximum Gasteiger partial charge on any atom is 0.259 e. The molecule has 0 radical (unpaired) electrons. The SMILES string of the molecule is Cc1ccc(C)c(NC(=O)c2cnn(-c3ccccc3C)c2C2CC2)c1. The van der Waals surface area contributed by atoms with Crippen molar-refractivity contribution in [2.45, 2.75) is 39.5 Å². The number of hydrogen-bond acceptors (Lipinski definition) is 2. The van der Waals surface area contributed by atoms with Gasteiger partial charge in [0.15, 0.2) is 0 Å². The number of carbonyl (C=O) groups excluding carboxylic acids is 1. The molecule has 132 valence electrons. The summed E-state index contributed by atoms with van der Waals surface area (Å²) in [6.07, 6.45) is 3.93. The molecule has 1 aliphatic rings. The average molecular weight is 345 g/mol. The molecule has 0 spiro atoms. The summed E-state index contributed by atoms with van der Waals surface area (Å²) < 4.78 is 1.95. The minimum absolute atomic E-state index is 0.0829. The van der Waals surface area contributed by atoms with Gasteiger partial charge in [-0.25, -0.2) is 4.68 Å². The Morgan fingerprint density at radius 3 is 2.58 bits per heavy atom. The molecule has 26 heavy (non-hydrogen) atoms. The van der Waals surface area contributed by atoms with Gasteiger partial charge < -0.3 is 5.32 Å². The highest BCUT2D eigenvalue weighted by molar-refractivity contribution is 6.05. The zero-order chi connectivity index (χ0) is 18.3. The van der Waals surface area contributed by atoms with Crippen LogP contribution in [0.4, 0.5) is 5.69 Å². The zero-order valence-electron chi connectivity index (χ0n) is 15.4. The molecular weight excluding hydrogens is 322 g/mol. The normalized spacial score (nSPS) is 13.7. The van der Waals surface area contributed by atoms with Gasteiger partial charge in [0, 0.05) is 11.6 Å². The molecule has 1 saturated carbocycles. The number of carbonyl (C=O) groups is 1. The van der Waals surface area contributed by atoms with Crippen LogP contribution in [0.5, 0.6) is 0 Å². The maximum atomic E-state index is 13.0. The molecule has 4 nitrogen and oxygen atoms in total. The summed E-state index contributed by atoms with van der Waals surface area (Å²) in [5, 5.41) is 7.64. The van der Waals surface area contributed by atoms with Gasteiger partial charge >= 0.3 is 0 Å². The predicted octanol–water partition coefficient (Wildman–Crippen LogP) is 4.93. The topological polar surface area (TPSA) is 46.9 Å². The van der Waals surface area contributed by atoms with E-state index in [1.807, 2.05) is 42.8 Å². The number of amides is 1. The Bertz CT molecular complexity index is 983. The van der Waals surface area contributed by atoms with Crippen molar-refractivity contribution in [3.63, 3.8) is 0 Å². The van der Waals surface area contributed by atoms with Crippen molar-refractivity contribution < 1.29 is 4.79 Å². The third-order valence-electron chi connectivity index (χ3n) is 5.00. The van der Waals surface area contributed by atoms with Crippen LogP contribution >= 0.6 is 0 Å². The van der Waals surface area contributed by atoms with Crippen LogP contribution in [0.1, 0.15) is 51.5 Å². The van der Waals surface area contributed by atoms with E-state index in [1.54, 1.807) is 6.20 Å². The summed E-state index contributed by atoms with van der Waals surface area (Å²) >= 11 is 0. The van der Waals surface area contributed by atoms with Crippen molar-refractivity contribution >= 4 is 11.6 Å². The monoisotopic (exact) mass is 345 g/mol. The number of anilines is 1. The molecule has 0 bridgehead atoms. The Balaban J connectivity index is 1.72. The molecule has 0 atom stereocenters. The second-order valence-corrected chi connectivity index (χ2v) is 7.19. The van der Waals surface area contributed by atoms with Crippen LogP contribution < -0.4 is 5.32 Å². The van der Waals surface area contributed by atoms with Gasteiger partial charge in [-0.1, -0.05) is 30.3 Å². The number of para-hydroxylation sites is 1. The molecule has 3 aromatic rings. The van der Waals surface area contributed by atoms with Crippen LogP contribution in [0.2, 0.25) is 0 Å². The van der Waals surface area contributed by atoms with E-state index in [1.165, 1.54) is 0 Å². The molecule has 1 amide bonds. The lowest BCUT2D eigenvalue weighted by molar-refractivity contribution is 0.102. The summed E-state index contributed by atoms with van der Waals surface area (Å²) in [7, 11) is 0.